The zero-order chi connectivity index (χ0) is 33.6. The van der Waals surface area contributed by atoms with E-state index in [-0.39, 0.29) is 33.5 Å². The molecule has 1 aliphatic rings. The van der Waals surface area contributed by atoms with Gasteiger partial charge in [-0.05, 0) is 47.9 Å². The molecule has 0 aliphatic heterocycles. The monoisotopic (exact) mass is 651 g/mol. The highest BCUT2D eigenvalue weighted by atomic mass is 19.4. The number of rotatable bonds is 8. The first kappa shape index (κ1) is 32.2. The molecule has 2 aromatic carbocycles. The number of halogens is 8. The lowest BCUT2D eigenvalue weighted by Gasteiger charge is -2.24. The molecule has 0 spiro atoms. The van der Waals surface area contributed by atoms with Gasteiger partial charge in [0, 0.05) is 30.7 Å². The molecule has 240 valence electrons. The molecule has 0 radical (unpaired) electrons. The van der Waals surface area contributed by atoms with Gasteiger partial charge in [0.05, 0.1) is 22.9 Å². The van der Waals surface area contributed by atoms with Crippen LogP contribution in [0.25, 0.3) is 11.1 Å². The van der Waals surface area contributed by atoms with E-state index in [0.717, 1.165) is 24.3 Å². The van der Waals surface area contributed by atoms with Crippen molar-refractivity contribution < 1.29 is 49.5 Å². The number of aromatic nitrogens is 3. The Bertz CT molecular complexity index is 1850. The van der Waals surface area contributed by atoms with Gasteiger partial charge in [-0.25, -0.2) is 22.0 Å². The first-order valence-electron chi connectivity index (χ1n) is 13.4. The van der Waals surface area contributed by atoms with E-state index < -0.39 is 95.1 Å². The Morgan fingerprint density at radius 2 is 1.74 bits per heavy atom. The van der Waals surface area contributed by atoms with Crippen molar-refractivity contribution in [3.05, 3.63) is 106 Å². The van der Waals surface area contributed by atoms with Gasteiger partial charge in [-0.15, -0.1) is 0 Å². The quantitative estimate of drug-likeness (QED) is 0.239. The number of carbonyl (C=O) groups is 3. The van der Waals surface area contributed by atoms with E-state index in [1.54, 1.807) is 0 Å². The van der Waals surface area contributed by atoms with Crippen LogP contribution in [0.2, 0.25) is 0 Å². The van der Waals surface area contributed by atoms with Crippen molar-refractivity contribution in [2.45, 2.75) is 43.9 Å². The first-order chi connectivity index (χ1) is 21.5. The van der Waals surface area contributed by atoms with Gasteiger partial charge in [0.2, 0.25) is 5.91 Å². The van der Waals surface area contributed by atoms with Crippen molar-refractivity contribution in [2.75, 3.05) is 0 Å². The topological polar surface area (TPSA) is 120 Å². The third-order valence-corrected chi connectivity index (χ3v) is 7.22. The van der Waals surface area contributed by atoms with Crippen molar-refractivity contribution >= 4 is 17.6 Å². The molecule has 0 saturated carbocycles. The summed E-state index contributed by atoms with van der Waals surface area (Å²) < 4.78 is 113. The number of alkyl halides is 5. The molecule has 2 amide bonds. The maximum absolute atomic E-state index is 14.6. The van der Waals surface area contributed by atoms with Gasteiger partial charge in [-0.1, -0.05) is 12.1 Å². The first-order valence-corrected chi connectivity index (χ1v) is 13.4. The third kappa shape index (κ3) is 6.46. The van der Waals surface area contributed by atoms with Crippen molar-refractivity contribution in [3.8, 4) is 11.1 Å². The van der Waals surface area contributed by atoms with Crippen LogP contribution < -0.4 is 11.1 Å². The Hall–Kier alpha value is -5.15. The predicted octanol–water partition coefficient (Wildman–Crippen LogP) is 5.65. The second-order valence-electron chi connectivity index (χ2n) is 10.5. The lowest BCUT2D eigenvalue weighted by Crippen LogP contribution is -2.35. The highest BCUT2D eigenvalue weighted by Gasteiger charge is 2.52. The van der Waals surface area contributed by atoms with Crippen molar-refractivity contribution in [1.29, 1.82) is 0 Å². The molecule has 2 aromatic heterocycles. The van der Waals surface area contributed by atoms with E-state index in [2.05, 4.69) is 15.4 Å². The average molecular weight is 652 g/mol. The third-order valence-electron chi connectivity index (χ3n) is 7.22. The minimum atomic E-state index is -5.38. The summed E-state index contributed by atoms with van der Waals surface area (Å²) in [7, 11) is 0. The van der Waals surface area contributed by atoms with Crippen LogP contribution in [0.4, 0.5) is 35.1 Å². The van der Waals surface area contributed by atoms with E-state index in [4.69, 9.17) is 5.73 Å². The van der Waals surface area contributed by atoms with Crippen LogP contribution >= 0.6 is 0 Å². The van der Waals surface area contributed by atoms with Gasteiger partial charge in [0.25, 0.3) is 11.8 Å². The molecule has 3 N–H and O–H groups in total. The number of pyridine rings is 1. The van der Waals surface area contributed by atoms with Crippen LogP contribution in [0.1, 0.15) is 62.2 Å². The van der Waals surface area contributed by atoms with Crippen LogP contribution in [-0.4, -0.2) is 32.4 Å². The lowest BCUT2D eigenvalue weighted by molar-refractivity contribution is -0.146. The maximum Gasteiger partial charge on any atom is 0.435 e. The SMILES string of the molecule is NC(=O)c1cc(-c2cccnc2[C@H](Cc2cc(F)cc(F)c2)NC(=O)Cn2nc(C(F)(F)F)c3c2C(=O)CCC3(F)F)ccc1F. The van der Waals surface area contributed by atoms with Gasteiger partial charge in [-0.2, -0.15) is 18.3 Å². The van der Waals surface area contributed by atoms with Gasteiger partial charge in [-0.3, -0.25) is 24.0 Å². The fourth-order valence-electron chi connectivity index (χ4n) is 5.30. The van der Waals surface area contributed by atoms with Gasteiger partial charge < -0.3 is 11.1 Å². The van der Waals surface area contributed by atoms with E-state index in [9.17, 15) is 49.5 Å². The fourth-order valence-corrected chi connectivity index (χ4v) is 5.30. The van der Waals surface area contributed by atoms with E-state index in [1.165, 1.54) is 24.4 Å². The number of hydrogen-bond acceptors (Lipinski definition) is 5. The number of nitrogens with two attached hydrogens (primary N) is 1. The van der Waals surface area contributed by atoms with Crippen LogP contribution in [0.5, 0.6) is 0 Å². The van der Waals surface area contributed by atoms with E-state index >= 15 is 0 Å². The minimum absolute atomic E-state index is 0.00183. The highest BCUT2D eigenvalue weighted by molar-refractivity contribution is 5.98. The molecule has 8 nitrogen and oxygen atoms in total. The molecule has 1 aliphatic carbocycles. The molecule has 5 rings (SSSR count). The molecule has 2 heterocycles. The largest absolute Gasteiger partial charge is 0.435 e. The maximum atomic E-state index is 14.6. The summed E-state index contributed by atoms with van der Waals surface area (Å²) in [4.78, 5) is 41.9. The number of nitrogens with one attached hydrogen (secondary N) is 1. The Kier molecular flexibility index (Phi) is 8.40. The molecule has 0 saturated heterocycles. The molecule has 0 bridgehead atoms. The van der Waals surface area contributed by atoms with Crippen molar-refractivity contribution in [1.82, 2.24) is 20.1 Å². The highest BCUT2D eigenvalue weighted by Crippen LogP contribution is 2.46. The fraction of sp³-hybridized carbons (Fsp3) is 0.233. The summed E-state index contributed by atoms with van der Waals surface area (Å²) in [6.07, 6.45) is -6.42. The zero-order valence-corrected chi connectivity index (χ0v) is 23.3. The molecule has 0 unspecified atom stereocenters. The Morgan fingerprint density at radius 1 is 1.04 bits per heavy atom. The van der Waals surface area contributed by atoms with Crippen molar-refractivity contribution in [2.24, 2.45) is 5.73 Å². The summed E-state index contributed by atoms with van der Waals surface area (Å²) in [6.45, 7) is -1.13. The standard InChI is InChI=1S/C30H21F8N5O3/c31-16-8-14(9-17(32)12-16)10-21(25-18(2-1-7-40-25)15-3-4-20(33)19(11-15)28(39)46)41-23(45)13-43-26-22(44)5-6-29(34,35)24(26)27(42-43)30(36,37)38/h1-4,7-9,11-12,21H,5-6,10,13H2,(H2,39,46)(H,41,45)/t21-/m0/s1. The zero-order valence-electron chi connectivity index (χ0n) is 23.3. The Balaban J connectivity index is 1.57. The summed E-state index contributed by atoms with van der Waals surface area (Å²) in [5.41, 5.74) is 0.474. The number of nitrogens with zero attached hydrogens (tertiary/aromatic N) is 3. The van der Waals surface area contributed by atoms with Gasteiger partial charge in [0.15, 0.2) is 11.5 Å². The van der Waals surface area contributed by atoms with Crippen LogP contribution in [0, 0.1) is 17.5 Å². The van der Waals surface area contributed by atoms with Gasteiger partial charge >= 0.3 is 6.18 Å². The van der Waals surface area contributed by atoms with Crippen LogP contribution in [0.15, 0.2) is 54.7 Å². The second kappa shape index (κ2) is 12.0. The number of amides is 2. The molecule has 46 heavy (non-hydrogen) atoms. The summed E-state index contributed by atoms with van der Waals surface area (Å²) in [6, 6.07) is 7.44. The number of hydrogen-bond donors (Lipinski definition) is 2. The molecule has 4 aromatic rings. The summed E-state index contributed by atoms with van der Waals surface area (Å²) >= 11 is 0. The average Bonchev–Trinajstić information content (AvgIpc) is 3.36. The Morgan fingerprint density at radius 3 is 2.39 bits per heavy atom. The second-order valence-corrected chi connectivity index (χ2v) is 10.5. The number of ketones is 1. The normalized spacial score (nSPS) is 14.9. The molecule has 0 fully saturated rings. The molecular weight excluding hydrogens is 630 g/mol. The molecule has 16 heteroatoms. The van der Waals surface area contributed by atoms with Crippen molar-refractivity contribution in [3.63, 3.8) is 0 Å². The number of Topliss-reactive ketones (excluding diaryl/α,β-unsaturated/α-hetero) is 1. The van der Waals surface area contributed by atoms with E-state index in [0.29, 0.717) is 6.07 Å². The smallest absolute Gasteiger partial charge is 0.366 e. The molecular formula is C30H21F8N5O3. The van der Waals surface area contributed by atoms with Gasteiger partial charge in [0.1, 0.15) is 29.7 Å². The summed E-state index contributed by atoms with van der Waals surface area (Å²) in [5, 5.41) is 5.64. The Labute approximate surface area is 254 Å². The molecule has 1 atom stereocenters. The number of primary amides is 1. The predicted molar refractivity (Wildman–Crippen MR) is 144 cm³/mol. The van der Waals surface area contributed by atoms with E-state index in [1.807, 2.05) is 0 Å². The van der Waals surface area contributed by atoms with Crippen LogP contribution in [0.3, 0.4) is 0 Å². The minimum Gasteiger partial charge on any atom is -0.366 e. The number of benzene rings is 2. The van der Waals surface area contributed by atoms with Crippen LogP contribution in [-0.2, 0) is 29.9 Å². The summed E-state index contributed by atoms with van der Waals surface area (Å²) in [5.74, 6) is -10.2. The number of carbonyl (C=O) groups excluding carboxylic acids is 3. The lowest BCUT2D eigenvalue weighted by atomic mass is 9.91. The number of fused-ring (bicyclic) bond motifs is 1.